The van der Waals surface area contributed by atoms with Crippen molar-refractivity contribution in [1.82, 2.24) is 5.32 Å². The van der Waals surface area contributed by atoms with Crippen molar-refractivity contribution in [2.75, 3.05) is 0 Å². The Kier molecular flexibility index (Phi) is 4.11. The first-order chi connectivity index (χ1) is 10.6. The summed E-state index contributed by atoms with van der Waals surface area (Å²) in [6.07, 6.45) is 1.89. The lowest BCUT2D eigenvalue weighted by Gasteiger charge is -1.97. The Morgan fingerprint density at radius 1 is 1.05 bits per heavy atom. The van der Waals surface area contributed by atoms with Gasteiger partial charge < -0.3 is 5.32 Å². The van der Waals surface area contributed by atoms with Crippen LogP contribution >= 0.6 is 11.8 Å². The Balaban J connectivity index is 1.84. The van der Waals surface area contributed by atoms with E-state index in [1.165, 1.54) is 17.3 Å². The molecule has 0 aliphatic carbocycles. The van der Waals surface area contributed by atoms with Crippen LogP contribution in [0.5, 0.6) is 0 Å². The largest absolute Gasteiger partial charge is 0.300 e. The molecule has 1 aliphatic rings. The third-order valence-electron chi connectivity index (χ3n) is 3.22. The van der Waals surface area contributed by atoms with Gasteiger partial charge in [0, 0.05) is 0 Å². The second-order valence-corrected chi connectivity index (χ2v) is 6.27. The van der Waals surface area contributed by atoms with Crippen LogP contribution in [0.2, 0.25) is 0 Å². The number of amides is 1. The van der Waals surface area contributed by atoms with E-state index < -0.39 is 0 Å². The number of aryl methyl sites for hydroxylation is 2. The van der Waals surface area contributed by atoms with E-state index in [-0.39, 0.29) is 5.91 Å². The lowest BCUT2D eigenvalue weighted by Crippen LogP contribution is -2.19. The van der Waals surface area contributed by atoms with Crippen LogP contribution in [0.25, 0.3) is 6.08 Å². The van der Waals surface area contributed by atoms with Crippen molar-refractivity contribution < 1.29 is 4.79 Å². The molecule has 0 spiro atoms. The van der Waals surface area contributed by atoms with E-state index in [4.69, 9.17) is 0 Å². The van der Waals surface area contributed by atoms with Gasteiger partial charge in [-0.3, -0.25) is 4.79 Å². The molecule has 1 saturated heterocycles. The molecule has 1 aliphatic heterocycles. The highest BCUT2D eigenvalue weighted by Gasteiger charge is 2.23. The third kappa shape index (κ3) is 3.46. The summed E-state index contributed by atoms with van der Waals surface area (Å²) < 4.78 is 0. The lowest BCUT2D eigenvalue weighted by atomic mass is 10.1. The van der Waals surface area contributed by atoms with Gasteiger partial charge in [0.05, 0.1) is 10.6 Å². The highest BCUT2D eigenvalue weighted by molar-refractivity contribution is 8.18. The molecule has 1 N–H and O–H groups in total. The molecule has 0 unspecified atom stereocenters. The second-order valence-electron chi connectivity index (χ2n) is 5.23. The fraction of sp³-hybridized carbons (Fsp3) is 0.111. The summed E-state index contributed by atoms with van der Waals surface area (Å²) in [4.78, 5) is 17.2. The summed E-state index contributed by atoms with van der Waals surface area (Å²) in [5.74, 6) is -0.0992. The standard InChI is InChI=1S/C18H16N2OS/c1-12-5-3-7-14(9-12)11-16-17(21)20-18(22-16)19-15-8-4-6-13(2)10-15/h3-11H,1-2H3,(H,19,20,21)/b16-11-. The van der Waals surface area contributed by atoms with Gasteiger partial charge in [-0.05, 0) is 54.9 Å². The predicted molar refractivity (Wildman–Crippen MR) is 93.2 cm³/mol. The van der Waals surface area contributed by atoms with Crippen molar-refractivity contribution in [2.24, 2.45) is 4.99 Å². The van der Waals surface area contributed by atoms with Gasteiger partial charge in [0.2, 0.25) is 0 Å². The molecule has 3 nitrogen and oxygen atoms in total. The van der Waals surface area contributed by atoms with Crippen molar-refractivity contribution in [3.05, 3.63) is 70.1 Å². The highest BCUT2D eigenvalue weighted by Crippen LogP contribution is 2.28. The zero-order valence-electron chi connectivity index (χ0n) is 12.5. The lowest BCUT2D eigenvalue weighted by molar-refractivity contribution is -0.115. The monoisotopic (exact) mass is 308 g/mol. The van der Waals surface area contributed by atoms with Crippen LogP contribution in [0, 0.1) is 13.8 Å². The van der Waals surface area contributed by atoms with Crippen molar-refractivity contribution >= 4 is 34.6 Å². The Bertz CT molecular complexity index is 793. The molecule has 1 heterocycles. The van der Waals surface area contributed by atoms with E-state index in [0.29, 0.717) is 10.1 Å². The summed E-state index contributed by atoms with van der Waals surface area (Å²) in [7, 11) is 0. The maximum Gasteiger partial charge on any atom is 0.264 e. The van der Waals surface area contributed by atoms with Crippen molar-refractivity contribution in [2.45, 2.75) is 13.8 Å². The van der Waals surface area contributed by atoms with E-state index in [9.17, 15) is 4.79 Å². The minimum absolute atomic E-state index is 0.0992. The third-order valence-corrected chi connectivity index (χ3v) is 4.13. The number of nitrogens with one attached hydrogen (secondary N) is 1. The zero-order valence-corrected chi connectivity index (χ0v) is 13.3. The number of amidine groups is 1. The molecule has 0 radical (unpaired) electrons. The molecule has 1 amide bonds. The SMILES string of the molecule is Cc1cccc(/C=C2\SC(=Nc3cccc(C)c3)NC2=O)c1. The van der Waals surface area contributed by atoms with Gasteiger partial charge in [0.15, 0.2) is 5.17 Å². The fourth-order valence-electron chi connectivity index (χ4n) is 2.21. The Morgan fingerprint density at radius 2 is 1.77 bits per heavy atom. The van der Waals surface area contributed by atoms with E-state index >= 15 is 0 Å². The molecule has 22 heavy (non-hydrogen) atoms. The minimum atomic E-state index is -0.0992. The topological polar surface area (TPSA) is 41.5 Å². The van der Waals surface area contributed by atoms with Crippen LogP contribution in [0.1, 0.15) is 16.7 Å². The number of thioether (sulfide) groups is 1. The Hall–Kier alpha value is -2.33. The maximum atomic E-state index is 12.1. The number of aliphatic imine (C=N–C) groups is 1. The smallest absolute Gasteiger partial charge is 0.264 e. The predicted octanol–water partition coefficient (Wildman–Crippen LogP) is 4.20. The number of nitrogens with zero attached hydrogens (tertiary/aromatic N) is 1. The Labute approximate surface area is 134 Å². The molecule has 0 aromatic heterocycles. The molecule has 1 fully saturated rings. The molecule has 2 aromatic carbocycles. The van der Waals surface area contributed by atoms with Crippen molar-refractivity contribution in [1.29, 1.82) is 0 Å². The number of rotatable bonds is 2. The van der Waals surface area contributed by atoms with Crippen LogP contribution in [-0.2, 0) is 4.79 Å². The number of carbonyl (C=O) groups excluding carboxylic acids is 1. The number of benzene rings is 2. The minimum Gasteiger partial charge on any atom is -0.300 e. The molecule has 110 valence electrons. The van der Waals surface area contributed by atoms with Gasteiger partial charge in [0.1, 0.15) is 0 Å². The average molecular weight is 308 g/mol. The molecule has 0 atom stereocenters. The number of hydrogen-bond acceptors (Lipinski definition) is 3. The summed E-state index contributed by atoms with van der Waals surface area (Å²) in [6, 6.07) is 16.0. The summed E-state index contributed by atoms with van der Waals surface area (Å²) >= 11 is 1.37. The number of hydrogen-bond donors (Lipinski definition) is 1. The summed E-state index contributed by atoms with van der Waals surface area (Å²) in [6.45, 7) is 4.06. The van der Waals surface area contributed by atoms with Gasteiger partial charge in [-0.15, -0.1) is 0 Å². The van der Waals surface area contributed by atoms with Gasteiger partial charge >= 0.3 is 0 Å². The maximum absolute atomic E-state index is 12.1. The molecular formula is C18H16N2OS. The Morgan fingerprint density at radius 3 is 2.50 bits per heavy atom. The molecule has 4 heteroatoms. The first kappa shape index (κ1) is 14.6. The summed E-state index contributed by atoms with van der Waals surface area (Å²) in [5, 5.41) is 3.43. The summed E-state index contributed by atoms with van der Waals surface area (Å²) in [5.41, 5.74) is 4.19. The zero-order chi connectivity index (χ0) is 15.5. The van der Waals surface area contributed by atoms with Gasteiger partial charge in [-0.25, -0.2) is 4.99 Å². The van der Waals surface area contributed by atoms with Crippen LogP contribution < -0.4 is 5.32 Å². The van der Waals surface area contributed by atoms with Gasteiger partial charge in [0.25, 0.3) is 5.91 Å². The quantitative estimate of drug-likeness (QED) is 0.845. The highest BCUT2D eigenvalue weighted by atomic mass is 32.2. The van der Waals surface area contributed by atoms with Gasteiger partial charge in [-0.1, -0.05) is 42.0 Å². The number of carbonyl (C=O) groups is 1. The fourth-order valence-corrected chi connectivity index (χ4v) is 3.05. The molecule has 0 bridgehead atoms. The van der Waals surface area contributed by atoms with Crippen LogP contribution in [-0.4, -0.2) is 11.1 Å². The molecular weight excluding hydrogens is 292 g/mol. The molecule has 2 aromatic rings. The van der Waals surface area contributed by atoms with E-state index in [1.807, 2.05) is 62.4 Å². The normalized spacial score (nSPS) is 18.0. The first-order valence-corrected chi connectivity index (χ1v) is 7.85. The van der Waals surface area contributed by atoms with E-state index in [2.05, 4.69) is 16.4 Å². The van der Waals surface area contributed by atoms with Crippen molar-refractivity contribution in [3.8, 4) is 0 Å². The average Bonchev–Trinajstić information content (AvgIpc) is 2.79. The molecule has 0 saturated carbocycles. The molecule has 3 rings (SSSR count). The van der Waals surface area contributed by atoms with Crippen LogP contribution in [0.4, 0.5) is 5.69 Å². The second kappa shape index (κ2) is 6.20. The van der Waals surface area contributed by atoms with Crippen LogP contribution in [0.3, 0.4) is 0 Å². The first-order valence-electron chi connectivity index (χ1n) is 7.03. The van der Waals surface area contributed by atoms with E-state index in [1.54, 1.807) is 0 Å². The van der Waals surface area contributed by atoms with Crippen molar-refractivity contribution in [3.63, 3.8) is 0 Å². The van der Waals surface area contributed by atoms with Crippen LogP contribution in [0.15, 0.2) is 58.4 Å². The van der Waals surface area contributed by atoms with E-state index in [0.717, 1.165) is 16.8 Å². The van der Waals surface area contributed by atoms with Gasteiger partial charge in [-0.2, -0.15) is 0 Å².